The van der Waals surface area contributed by atoms with Crippen molar-refractivity contribution in [3.63, 3.8) is 0 Å². The fraction of sp³-hybridized carbons (Fsp3) is 0.158. The minimum absolute atomic E-state index is 0.000682. The molecule has 2 aromatic heterocycles. The molecular formula is C19H17N7O4S2. The zero-order valence-corrected chi connectivity index (χ0v) is 18.1. The SMILES string of the molecule is NS(=O)(=O)c1c(S(=O)(=O)C2CNC2)ccc(-c2ccc3cnccc3c2)c1-c1nnn[nH]1. The fourth-order valence-electron chi connectivity index (χ4n) is 3.72. The minimum atomic E-state index is -4.49. The number of pyridine rings is 1. The van der Waals surface area contributed by atoms with Gasteiger partial charge in [0, 0.05) is 36.4 Å². The molecule has 2 aromatic carbocycles. The van der Waals surface area contributed by atoms with Crippen LogP contribution in [0.4, 0.5) is 0 Å². The number of nitrogens with one attached hydrogen (secondary N) is 2. The molecule has 0 amide bonds. The predicted octanol–water partition coefficient (Wildman–Crippen LogP) is 0.475. The van der Waals surface area contributed by atoms with E-state index in [4.69, 9.17) is 5.14 Å². The number of benzene rings is 2. The summed E-state index contributed by atoms with van der Waals surface area (Å²) in [6, 6.07) is 10.1. The number of hydrogen-bond acceptors (Lipinski definition) is 9. The van der Waals surface area contributed by atoms with Crippen molar-refractivity contribution >= 4 is 30.6 Å². The van der Waals surface area contributed by atoms with E-state index >= 15 is 0 Å². The number of H-pyrrole nitrogens is 1. The average molecular weight is 472 g/mol. The molecule has 1 fully saturated rings. The highest BCUT2D eigenvalue weighted by molar-refractivity contribution is 7.94. The Morgan fingerprint density at radius 3 is 2.47 bits per heavy atom. The van der Waals surface area contributed by atoms with E-state index in [2.05, 4.69) is 30.9 Å². The maximum Gasteiger partial charge on any atom is 0.240 e. The van der Waals surface area contributed by atoms with Gasteiger partial charge in [-0.2, -0.15) is 0 Å². The minimum Gasteiger partial charge on any atom is -0.314 e. The van der Waals surface area contributed by atoms with Crippen LogP contribution in [0.15, 0.2) is 58.6 Å². The van der Waals surface area contributed by atoms with Crippen LogP contribution in [0.5, 0.6) is 0 Å². The van der Waals surface area contributed by atoms with Crippen molar-refractivity contribution in [1.82, 2.24) is 30.9 Å². The maximum atomic E-state index is 13.2. The lowest BCUT2D eigenvalue weighted by Crippen LogP contribution is -2.51. The van der Waals surface area contributed by atoms with Gasteiger partial charge in [-0.3, -0.25) is 4.98 Å². The lowest BCUT2D eigenvalue weighted by molar-refractivity contribution is 0.493. The molecule has 11 nitrogen and oxygen atoms in total. The number of primary sulfonamides is 1. The van der Waals surface area contributed by atoms with E-state index < -0.39 is 30.0 Å². The third kappa shape index (κ3) is 3.35. The molecule has 1 saturated heterocycles. The standard InChI is InChI=1S/C19H17N7O4S2/c20-32(29,30)18-16(31(27,28)14-9-22-10-14)4-3-15(17(18)19-23-25-26-24-19)12-1-2-13-8-21-6-5-11(13)7-12/h1-8,14,22H,9-10H2,(H2,20,29,30)(H,23,24,25,26). The van der Waals surface area contributed by atoms with Crippen molar-refractivity contribution in [3.8, 4) is 22.5 Å². The third-order valence-electron chi connectivity index (χ3n) is 5.43. The first kappa shape index (κ1) is 20.6. The summed E-state index contributed by atoms with van der Waals surface area (Å²) in [5.41, 5.74) is 1.05. The van der Waals surface area contributed by atoms with Crippen LogP contribution < -0.4 is 10.5 Å². The smallest absolute Gasteiger partial charge is 0.240 e. The Hall–Kier alpha value is -3.26. The molecule has 1 aliphatic heterocycles. The van der Waals surface area contributed by atoms with E-state index in [0.717, 1.165) is 10.8 Å². The van der Waals surface area contributed by atoms with Crippen LogP contribution in [-0.2, 0) is 19.9 Å². The second kappa shape index (κ2) is 7.41. The topological polar surface area (TPSA) is 174 Å². The van der Waals surface area contributed by atoms with Gasteiger partial charge in [0.05, 0.1) is 10.1 Å². The largest absolute Gasteiger partial charge is 0.314 e. The molecule has 4 aromatic rings. The second-order valence-corrected chi connectivity index (χ2v) is 11.1. The Morgan fingerprint density at radius 1 is 1.00 bits per heavy atom. The number of nitrogens with two attached hydrogens (primary N) is 1. The molecule has 3 heterocycles. The van der Waals surface area contributed by atoms with E-state index in [1.165, 1.54) is 6.07 Å². The van der Waals surface area contributed by atoms with E-state index in [0.29, 0.717) is 11.1 Å². The molecule has 1 aliphatic rings. The van der Waals surface area contributed by atoms with E-state index in [9.17, 15) is 16.8 Å². The van der Waals surface area contributed by atoms with Gasteiger partial charge in [0.1, 0.15) is 4.90 Å². The van der Waals surface area contributed by atoms with Crippen LogP contribution in [-0.4, -0.2) is 60.8 Å². The number of sulfone groups is 1. The van der Waals surface area contributed by atoms with Gasteiger partial charge in [0.25, 0.3) is 0 Å². The number of nitrogens with zero attached hydrogens (tertiary/aromatic N) is 4. The van der Waals surface area contributed by atoms with E-state index in [1.54, 1.807) is 24.5 Å². The maximum absolute atomic E-state index is 13.2. The normalized spacial score (nSPS) is 15.0. The Morgan fingerprint density at radius 2 is 1.81 bits per heavy atom. The molecule has 0 atom stereocenters. The van der Waals surface area contributed by atoms with Gasteiger partial charge >= 0.3 is 0 Å². The highest BCUT2D eigenvalue weighted by Crippen LogP contribution is 2.40. The summed E-state index contributed by atoms with van der Waals surface area (Å²) in [5.74, 6) is -0.0114. The van der Waals surface area contributed by atoms with Crippen molar-refractivity contribution in [1.29, 1.82) is 0 Å². The van der Waals surface area contributed by atoms with Crippen molar-refractivity contribution in [2.24, 2.45) is 5.14 Å². The molecule has 0 saturated carbocycles. The van der Waals surface area contributed by atoms with Gasteiger partial charge in [0.2, 0.25) is 10.0 Å². The van der Waals surface area contributed by atoms with Crippen molar-refractivity contribution in [3.05, 3.63) is 48.8 Å². The van der Waals surface area contributed by atoms with Crippen LogP contribution in [0, 0.1) is 0 Å². The number of tetrazole rings is 1. The monoisotopic (exact) mass is 471 g/mol. The Kier molecular flexibility index (Phi) is 4.78. The number of aromatic nitrogens is 5. The lowest BCUT2D eigenvalue weighted by atomic mass is 9.97. The molecule has 0 aliphatic carbocycles. The summed E-state index contributed by atoms with van der Waals surface area (Å²) in [6.07, 6.45) is 3.35. The first-order chi connectivity index (χ1) is 15.3. The van der Waals surface area contributed by atoms with Crippen LogP contribution in [0.25, 0.3) is 33.3 Å². The summed E-state index contributed by atoms with van der Waals surface area (Å²) in [7, 11) is -8.46. The van der Waals surface area contributed by atoms with Gasteiger partial charge < -0.3 is 5.32 Å². The quantitative estimate of drug-likeness (QED) is 0.374. The Labute approximate surface area is 183 Å². The zero-order chi connectivity index (χ0) is 22.5. The molecule has 0 radical (unpaired) electrons. The molecule has 0 spiro atoms. The number of aromatic amines is 1. The average Bonchev–Trinajstić information content (AvgIpc) is 3.24. The first-order valence-corrected chi connectivity index (χ1v) is 12.6. The van der Waals surface area contributed by atoms with E-state index in [1.807, 2.05) is 18.2 Å². The summed E-state index contributed by atoms with van der Waals surface area (Å²) in [5, 5.41) is 22.9. The highest BCUT2D eigenvalue weighted by Gasteiger charge is 2.38. The zero-order valence-electron chi connectivity index (χ0n) is 16.4. The fourth-order valence-corrected chi connectivity index (χ4v) is 6.91. The van der Waals surface area contributed by atoms with Crippen molar-refractivity contribution < 1.29 is 16.8 Å². The summed E-state index contributed by atoms with van der Waals surface area (Å²) in [4.78, 5) is 3.19. The van der Waals surface area contributed by atoms with E-state index in [-0.39, 0.29) is 29.4 Å². The summed E-state index contributed by atoms with van der Waals surface area (Å²) < 4.78 is 51.9. The number of fused-ring (bicyclic) bond motifs is 1. The lowest BCUT2D eigenvalue weighted by Gasteiger charge is -2.28. The number of hydrogen-bond donors (Lipinski definition) is 3. The van der Waals surface area contributed by atoms with Gasteiger partial charge in [0.15, 0.2) is 15.7 Å². The van der Waals surface area contributed by atoms with Crippen LogP contribution in [0.1, 0.15) is 0 Å². The molecule has 0 bridgehead atoms. The molecule has 4 N–H and O–H groups in total. The van der Waals surface area contributed by atoms with Gasteiger partial charge in [-0.15, -0.1) is 5.10 Å². The predicted molar refractivity (Wildman–Crippen MR) is 116 cm³/mol. The summed E-state index contributed by atoms with van der Waals surface area (Å²) >= 11 is 0. The molecule has 5 rings (SSSR count). The van der Waals surface area contributed by atoms with Gasteiger partial charge in [-0.05, 0) is 45.1 Å². The molecule has 164 valence electrons. The third-order valence-corrected chi connectivity index (χ3v) is 8.72. The number of rotatable bonds is 5. The van der Waals surface area contributed by atoms with Crippen LogP contribution in [0.3, 0.4) is 0 Å². The highest BCUT2D eigenvalue weighted by atomic mass is 32.2. The van der Waals surface area contributed by atoms with Gasteiger partial charge in [-0.25, -0.2) is 27.1 Å². The van der Waals surface area contributed by atoms with Crippen molar-refractivity contribution in [2.45, 2.75) is 15.0 Å². The van der Waals surface area contributed by atoms with Crippen LogP contribution in [0.2, 0.25) is 0 Å². The molecule has 32 heavy (non-hydrogen) atoms. The van der Waals surface area contributed by atoms with Crippen molar-refractivity contribution in [2.75, 3.05) is 13.1 Å². The van der Waals surface area contributed by atoms with Gasteiger partial charge in [-0.1, -0.05) is 18.2 Å². The molecule has 0 unspecified atom stereocenters. The molecular weight excluding hydrogens is 454 g/mol. The van der Waals surface area contributed by atoms with Crippen LogP contribution >= 0.6 is 0 Å². The second-order valence-electron chi connectivity index (χ2n) is 7.37. The summed E-state index contributed by atoms with van der Waals surface area (Å²) in [6.45, 7) is 0.456. The Balaban J connectivity index is 1.86. The molecule has 13 heteroatoms. The number of sulfonamides is 1. The Bertz CT molecular complexity index is 1550. The first-order valence-electron chi connectivity index (χ1n) is 9.49.